The number of amidine groups is 1. The van der Waals surface area contributed by atoms with Crippen molar-refractivity contribution in [2.45, 2.75) is 44.7 Å². The van der Waals surface area contributed by atoms with E-state index < -0.39 is 10.0 Å². The third-order valence-electron chi connectivity index (χ3n) is 5.93. The second-order valence-corrected chi connectivity index (χ2v) is 10.4. The van der Waals surface area contributed by atoms with Crippen molar-refractivity contribution in [2.75, 3.05) is 11.6 Å². The lowest BCUT2D eigenvalue weighted by atomic mass is 9.66. The van der Waals surface area contributed by atoms with Crippen LogP contribution in [0.1, 0.15) is 36.8 Å². The smallest absolute Gasteiger partial charge is 0.208 e. The molecule has 2 aromatic carbocycles. The van der Waals surface area contributed by atoms with Crippen molar-refractivity contribution in [1.82, 2.24) is 4.72 Å². The van der Waals surface area contributed by atoms with E-state index in [4.69, 9.17) is 16.6 Å². The number of hydrogen-bond acceptors (Lipinski definition) is 3. The van der Waals surface area contributed by atoms with Crippen LogP contribution in [0.15, 0.2) is 53.5 Å². The van der Waals surface area contributed by atoms with Crippen LogP contribution < -0.4 is 10.0 Å². The number of halogens is 1. The number of fused-ring (bicyclic) bond motifs is 1. The van der Waals surface area contributed by atoms with Gasteiger partial charge in [0, 0.05) is 22.2 Å². The van der Waals surface area contributed by atoms with Gasteiger partial charge in [-0.1, -0.05) is 41.9 Å². The first-order valence-corrected chi connectivity index (χ1v) is 12.2. The van der Waals surface area contributed by atoms with Crippen LogP contribution in [0.2, 0.25) is 5.02 Å². The molecule has 4 rings (SSSR count). The number of rotatable bonds is 4. The average Bonchev–Trinajstić information content (AvgIpc) is 2.67. The third kappa shape index (κ3) is 4.82. The summed E-state index contributed by atoms with van der Waals surface area (Å²) in [6, 6.07) is 16.2. The number of hydrogen-bond donors (Lipinski definition) is 2. The Morgan fingerprint density at radius 1 is 1.17 bits per heavy atom. The molecule has 1 aliphatic heterocycles. The van der Waals surface area contributed by atoms with Crippen molar-refractivity contribution < 1.29 is 8.42 Å². The van der Waals surface area contributed by atoms with Crippen molar-refractivity contribution >= 4 is 33.1 Å². The zero-order valence-corrected chi connectivity index (χ0v) is 18.1. The standard InChI is InChI=1S/C22H26ClN3O2S/c1-29(27,28)26-19-9-11-22(12-10-19)14-17-6-2-3-8-20(17)25-21(22)24-15-16-5-4-7-18(23)13-16/h2-8,13,19,26H,9-12,14-15H2,1H3,(H,24,25). The quantitative estimate of drug-likeness (QED) is 0.754. The van der Waals surface area contributed by atoms with Gasteiger partial charge in [0.25, 0.3) is 0 Å². The first-order valence-electron chi connectivity index (χ1n) is 9.95. The highest BCUT2D eigenvalue weighted by molar-refractivity contribution is 7.88. The Morgan fingerprint density at radius 3 is 2.66 bits per heavy atom. The van der Waals surface area contributed by atoms with E-state index in [1.807, 2.05) is 30.3 Å². The second-order valence-electron chi connectivity index (χ2n) is 8.20. The number of aliphatic imine (C=N–C) groups is 1. The molecule has 5 nitrogen and oxygen atoms in total. The molecule has 0 saturated heterocycles. The largest absolute Gasteiger partial charge is 0.343 e. The zero-order chi connectivity index (χ0) is 20.5. The number of anilines is 1. The minimum atomic E-state index is -3.19. The molecule has 154 valence electrons. The first kappa shape index (κ1) is 20.4. The molecule has 1 heterocycles. The van der Waals surface area contributed by atoms with E-state index >= 15 is 0 Å². The fourth-order valence-corrected chi connectivity index (χ4v) is 5.58. The van der Waals surface area contributed by atoms with Crippen molar-refractivity contribution in [3.8, 4) is 0 Å². The van der Waals surface area contributed by atoms with Gasteiger partial charge in [-0.2, -0.15) is 0 Å². The highest BCUT2D eigenvalue weighted by Gasteiger charge is 2.43. The molecule has 2 N–H and O–H groups in total. The molecule has 2 aliphatic rings. The normalized spacial score (nSPS) is 25.6. The molecule has 0 amide bonds. The number of nitrogens with zero attached hydrogens (tertiary/aromatic N) is 1. The van der Waals surface area contributed by atoms with E-state index in [2.05, 4.69) is 28.2 Å². The Labute approximate surface area is 177 Å². The van der Waals surface area contributed by atoms with Crippen molar-refractivity contribution in [3.05, 3.63) is 64.7 Å². The SMILES string of the molecule is CS(=O)(=O)NC1CCC2(CC1)Cc1ccccc1NC2=NCc1cccc(Cl)c1. The van der Waals surface area contributed by atoms with E-state index in [1.54, 1.807) is 0 Å². The molecule has 7 heteroatoms. The molecule has 1 spiro atoms. The molecule has 0 atom stereocenters. The first-order chi connectivity index (χ1) is 13.8. The van der Waals surface area contributed by atoms with Crippen LogP contribution in [0.25, 0.3) is 0 Å². The molecule has 1 fully saturated rings. The van der Waals surface area contributed by atoms with Gasteiger partial charge in [-0.05, 0) is 61.4 Å². The monoisotopic (exact) mass is 431 g/mol. The van der Waals surface area contributed by atoms with Gasteiger partial charge in [0.2, 0.25) is 10.0 Å². The average molecular weight is 432 g/mol. The molecular formula is C22H26ClN3O2S. The van der Waals surface area contributed by atoms with Crippen LogP contribution >= 0.6 is 11.6 Å². The summed E-state index contributed by atoms with van der Waals surface area (Å²) < 4.78 is 26.0. The maximum atomic E-state index is 11.6. The van der Waals surface area contributed by atoms with Gasteiger partial charge in [0.05, 0.1) is 12.8 Å². The summed E-state index contributed by atoms with van der Waals surface area (Å²) in [6.07, 6.45) is 5.58. The predicted molar refractivity (Wildman–Crippen MR) is 119 cm³/mol. The summed E-state index contributed by atoms with van der Waals surface area (Å²) in [7, 11) is -3.19. The van der Waals surface area contributed by atoms with Crippen LogP contribution in [0, 0.1) is 5.41 Å². The van der Waals surface area contributed by atoms with Gasteiger partial charge in [0.15, 0.2) is 0 Å². The molecule has 1 saturated carbocycles. The third-order valence-corrected chi connectivity index (χ3v) is 6.93. The van der Waals surface area contributed by atoms with Crippen molar-refractivity contribution in [3.63, 3.8) is 0 Å². The highest BCUT2D eigenvalue weighted by Crippen LogP contribution is 2.45. The van der Waals surface area contributed by atoms with Crippen LogP contribution in [-0.2, 0) is 23.0 Å². The number of sulfonamides is 1. The molecule has 0 aromatic heterocycles. The summed E-state index contributed by atoms with van der Waals surface area (Å²) in [5, 5.41) is 4.30. The minimum absolute atomic E-state index is 0.00183. The molecule has 0 bridgehead atoms. The van der Waals surface area contributed by atoms with E-state index in [0.717, 1.165) is 49.2 Å². The Hall–Kier alpha value is -1.89. The molecule has 2 aromatic rings. The molecule has 29 heavy (non-hydrogen) atoms. The van der Waals surface area contributed by atoms with Crippen LogP contribution in [0.4, 0.5) is 5.69 Å². The second kappa shape index (κ2) is 8.09. The van der Waals surface area contributed by atoms with Gasteiger partial charge >= 0.3 is 0 Å². The molecule has 1 aliphatic carbocycles. The molecule has 0 unspecified atom stereocenters. The van der Waals surface area contributed by atoms with Gasteiger partial charge in [0.1, 0.15) is 5.84 Å². The van der Waals surface area contributed by atoms with Gasteiger partial charge in [-0.25, -0.2) is 13.1 Å². The van der Waals surface area contributed by atoms with Gasteiger partial charge in [-0.3, -0.25) is 4.99 Å². The van der Waals surface area contributed by atoms with Crippen molar-refractivity contribution in [1.29, 1.82) is 0 Å². The molecular weight excluding hydrogens is 406 g/mol. The topological polar surface area (TPSA) is 70.6 Å². The van der Waals surface area contributed by atoms with E-state index in [1.165, 1.54) is 11.8 Å². The Bertz CT molecular complexity index is 1030. The van der Waals surface area contributed by atoms with Crippen molar-refractivity contribution in [2.24, 2.45) is 10.4 Å². The fourth-order valence-electron chi connectivity index (χ4n) is 4.52. The van der Waals surface area contributed by atoms with Crippen LogP contribution in [0.5, 0.6) is 0 Å². The lowest BCUT2D eigenvalue weighted by Crippen LogP contribution is -2.48. The fraction of sp³-hybridized carbons (Fsp3) is 0.409. The van der Waals surface area contributed by atoms with Crippen LogP contribution in [0.3, 0.4) is 0 Å². The maximum Gasteiger partial charge on any atom is 0.208 e. The Kier molecular flexibility index (Phi) is 5.69. The summed E-state index contributed by atoms with van der Waals surface area (Å²) in [6.45, 7) is 0.567. The number of para-hydroxylation sites is 1. The Morgan fingerprint density at radius 2 is 1.93 bits per heavy atom. The lowest BCUT2D eigenvalue weighted by Gasteiger charge is -2.44. The number of benzene rings is 2. The predicted octanol–water partition coefficient (Wildman–Crippen LogP) is 4.38. The highest BCUT2D eigenvalue weighted by atomic mass is 35.5. The lowest BCUT2D eigenvalue weighted by molar-refractivity contribution is 0.248. The summed E-state index contributed by atoms with van der Waals surface area (Å²) in [4.78, 5) is 4.98. The maximum absolute atomic E-state index is 11.6. The number of nitrogens with one attached hydrogen (secondary N) is 2. The van der Waals surface area contributed by atoms with Crippen LogP contribution in [-0.4, -0.2) is 26.6 Å². The molecule has 0 radical (unpaired) electrons. The van der Waals surface area contributed by atoms with Gasteiger partial charge < -0.3 is 5.32 Å². The van der Waals surface area contributed by atoms with E-state index in [9.17, 15) is 8.42 Å². The summed E-state index contributed by atoms with van der Waals surface area (Å²) in [5.41, 5.74) is 3.40. The van der Waals surface area contributed by atoms with E-state index in [-0.39, 0.29) is 11.5 Å². The zero-order valence-electron chi connectivity index (χ0n) is 16.5. The van der Waals surface area contributed by atoms with Gasteiger partial charge in [-0.15, -0.1) is 0 Å². The van der Waals surface area contributed by atoms with E-state index in [0.29, 0.717) is 11.6 Å². The Balaban J connectivity index is 1.60. The summed E-state index contributed by atoms with van der Waals surface area (Å²) in [5.74, 6) is 1.01. The summed E-state index contributed by atoms with van der Waals surface area (Å²) >= 11 is 6.12. The minimum Gasteiger partial charge on any atom is -0.343 e.